The van der Waals surface area contributed by atoms with E-state index >= 15 is 0 Å². The van der Waals surface area contributed by atoms with Crippen molar-refractivity contribution in [3.63, 3.8) is 0 Å². The van der Waals surface area contributed by atoms with Crippen LogP contribution in [-0.2, 0) is 22.1 Å². The maximum atomic E-state index is 11.1. The van der Waals surface area contributed by atoms with Gasteiger partial charge in [-0.25, -0.2) is 8.42 Å². The van der Waals surface area contributed by atoms with E-state index in [1.54, 1.807) is 12.1 Å². The van der Waals surface area contributed by atoms with E-state index < -0.39 is 9.84 Å². The van der Waals surface area contributed by atoms with Gasteiger partial charge in [0.15, 0.2) is 15.7 Å². The summed E-state index contributed by atoms with van der Waals surface area (Å²) in [6, 6.07) is 7.19. The molecule has 0 spiro atoms. The molecule has 8 heteroatoms. The van der Waals surface area contributed by atoms with Crippen LogP contribution >= 0.6 is 11.6 Å². The normalized spacial score (nSPS) is 11.5. The van der Waals surface area contributed by atoms with E-state index in [1.165, 1.54) is 0 Å². The number of hydrogen-bond donors (Lipinski definition) is 1. The van der Waals surface area contributed by atoms with E-state index in [0.717, 1.165) is 11.9 Å². The summed E-state index contributed by atoms with van der Waals surface area (Å²) in [5, 5.41) is 7.27. The third-order valence-electron chi connectivity index (χ3n) is 2.17. The van der Waals surface area contributed by atoms with Gasteiger partial charge in [0.1, 0.15) is 5.75 Å². The number of aromatic nitrogens is 2. The number of nitrogens with zero attached hydrogens (tertiary/aromatic N) is 2. The van der Waals surface area contributed by atoms with Crippen LogP contribution in [0.1, 0.15) is 11.7 Å². The molecule has 0 aliphatic rings. The van der Waals surface area contributed by atoms with Crippen molar-refractivity contribution in [2.24, 2.45) is 0 Å². The molecule has 0 unspecified atom stereocenters. The maximum absolute atomic E-state index is 11.1. The molecule has 0 aliphatic carbocycles. The van der Waals surface area contributed by atoms with Gasteiger partial charge in [-0.15, -0.1) is 0 Å². The lowest BCUT2D eigenvalue weighted by Crippen LogP contribution is -2.03. The van der Waals surface area contributed by atoms with Crippen LogP contribution in [0.2, 0.25) is 5.02 Å². The van der Waals surface area contributed by atoms with E-state index in [0.29, 0.717) is 17.5 Å². The average Bonchev–Trinajstić information content (AvgIpc) is 2.72. The first-order valence-electron chi connectivity index (χ1n) is 5.41. The summed E-state index contributed by atoms with van der Waals surface area (Å²) in [6.07, 6.45) is 1.12. The van der Waals surface area contributed by atoms with Crippen LogP contribution in [-0.4, -0.2) is 24.8 Å². The second kappa shape index (κ2) is 5.58. The van der Waals surface area contributed by atoms with Crippen molar-refractivity contribution in [1.82, 2.24) is 10.1 Å². The Morgan fingerprint density at radius 3 is 2.89 bits per heavy atom. The fourth-order valence-electron chi connectivity index (χ4n) is 1.43. The van der Waals surface area contributed by atoms with Crippen molar-refractivity contribution in [1.29, 1.82) is 0 Å². The molecule has 6 nitrogen and oxygen atoms in total. The van der Waals surface area contributed by atoms with Gasteiger partial charge >= 0.3 is 0 Å². The number of benzene rings is 1. The minimum absolute atomic E-state index is 0.158. The van der Waals surface area contributed by atoms with Gasteiger partial charge < -0.3 is 9.84 Å². The molecule has 2 aromatic rings. The minimum atomic E-state index is -3.16. The smallest absolute Gasteiger partial charge is 0.245 e. The van der Waals surface area contributed by atoms with Gasteiger partial charge in [-0.1, -0.05) is 22.8 Å². The molecule has 1 N–H and O–H groups in total. The number of anilines is 1. The van der Waals surface area contributed by atoms with Crippen molar-refractivity contribution in [2.75, 3.05) is 11.6 Å². The molecule has 0 amide bonds. The van der Waals surface area contributed by atoms with Crippen LogP contribution in [0.3, 0.4) is 0 Å². The summed E-state index contributed by atoms with van der Waals surface area (Å²) in [4.78, 5) is 3.98. The fraction of sp³-hybridized carbons (Fsp3) is 0.273. The summed E-state index contributed by atoms with van der Waals surface area (Å²) < 4.78 is 27.1. The van der Waals surface area contributed by atoms with E-state index in [2.05, 4.69) is 15.5 Å². The quantitative estimate of drug-likeness (QED) is 0.907. The van der Waals surface area contributed by atoms with Crippen LogP contribution in [0.5, 0.6) is 0 Å². The van der Waals surface area contributed by atoms with Gasteiger partial charge in [-0.2, -0.15) is 4.98 Å². The Morgan fingerprint density at radius 1 is 1.42 bits per heavy atom. The Kier molecular flexibility index (Phi) is 4.06. The predicted molar refractivity (Wildman–Crippen MR) is 71.6 cm³/mol. The van der Waals surface area contributed by atoms with Gasteiger partial charge in [-0.3, -0.25) is 0 Å². The highest BCUT2D eigenvalue weighted by atomic mass is 35.5. The number of hydrogen-bond acceptors (Lipinski definition) is 6. The Bertz CT molecular complexity index is 669. The maximum Gasteiger partial charge on any atom is 0.245 e. The van der Waals surface area contributed by atoms with E-state index in [4.69, 9.17) is 16.1 Å². The summed E-state index contributed by atoms with van der Waals surface area (Å²) in [5.41, 5.74) is 0.815. The van der Waals surface area contributed by atoms with Crippen molar-refractivity contribution < 1.29 is 12.9 Å². The molecule has 0 atom stereocenters. The van der Waals surface area contributed by atoms with Crippen LogP contribution < -0.4 is 5.32 Å². The lowest BCUT2D eigenvalue weighted by atomic mass is 10.3. The molecule has 0 aliphatic heterocycles. The lowest BCUT2D eigenvalue weighted by molar-refractivity contribution is 0.379. The van der Waals surface area contributed by atoms with Crippen LogP contribution in [0.15, 0.2) is 28.8 Å². The van der Waals surface area contributed by atoms with Crippen molar-refractivity contribution in [2.45, 2.75) is 12.3 Å². The monoisotopic (exact) mass is 301 g/mol. The van der Waals surface area contributed by atoms with Gasteiger partial charge in [0, 0.05) is 17.0 Å². The Balaban J connectivity index is 1.97. The highest BCUT2D eigenvalue weighted by Gasteiger charge is 2.11. The Morgan fingerprint density at radius 2 is 2.21 bits per heavy atom. The Labute approximate surface area is 115 Å². The molecule has 1 heterocycles. The van der Waals surface area contributed by atoms with Gasteiger partial charge in [0.05, 0.1) is 6.54 Å². The minimum Gasteiger partial charge on any atom is -0.376 e. The SMILES string of the molecule is CS(=O)(=O)Cc1noc(CNc2cccc(Cl)c2)n1. The highest BCUT2D eigenvalue weighted by molar-refractivity contribution is 7.89. The number of sulfone groups is 1. The van der Waals surface area contributed by atoms with E-state index in [9.17, 15) is 8.42 Å². The molecule has 102 valence electrons. The van der Waals surface area contributed by atoms with Gasteiger partial charge in [0.25, 0.3) is 0 Å². The van der Waals surface area contributed by atoms with Crippen molar-refractivity contribution in [3.05, 3.63) is 41.0 Å². The first-order valence-corrected chi connectivity index (χ1v) is 7.85. The predicted octanol–water partition coefficient (Wildman–Crippen LogP) is 1.88. The summed E-state index contributed by atoms with van der Waals surface area (Å²) in [6.45, 7) is 0.303. The van der Waals surface area contributed by atoms with Crippen molar-refractivity contribution in [3.8, 4) is 0 Å². The van der Waals surface area contributed by atoms with E-state index in [1.807, 2.05) is 12.1 Å². The van der Waals surface area contributed by atoms with Gasteiger partial charge in [-0.05, 0) is 18.2 Å². The summed E-state index contributed by atoms with van der Waals surface area (Å²) in [5.74, 6) is 0.247. The molecule has 1 aromatic carbocycles. The average molecular weight is 302 g/mol. The molecule has 0 saturated carbocycles. The first-order chi connectivity index (χ1) is 8.92. The van der Waals surface area contributed by atoms with Gasteiger partial charge in [0.2, 0.25) is 5.89 Å². The topological polar surface area (TPSA) is 85.1 Å². The second-order valence-corrected chi connectivity index (χ2v) is 6.61. The first kappa shape index (κ1) is 13.8. The fourth-order valence-corrected chi connectivity index (χ4v) is 2.21. The highest BCUT2D eigenvalue weighted by Crippen LogP contribution is 2.15. The third kappa shape index (κ3) is 4.53. The van der Waals surface area contributed by atoms with Crippen LogP contribution in [0, 0.1) is 0 Å². The molecular weight excluding hydrogens is 290 g/mol. The zero-order valence-electron chi connectivity index (χ0n) is 10.1. The Hall–Kier alpha value is -1.60. The molecular formula is C11H12ClN3O3S. The lowest BCUT2D eigenvalue weighted by Gasteiger charge is -2.02. The second-order valence-electron chi connectivity index (χ2n) is 4.04. The van der Waals surface area contributed by atoms with Crippen LogP contribution in [0.25, 0.3) is 0 Å². The molecule has 0 saturated heterocycles. The largest absolute Gasteiger partial charge is 0.376 e. The molecule has 19 heavy (non-hydrogen) atoms. The standard InChI is InChI=1S/C11H12ClN3O3S/c1-19(16,17)7-10-14-11(18-15-10)6-13-9-4-2-3-8(12)5-9/h2-5,13H,6-7H2,1H3. The van der Waals surface area contributed by atoms with E-state index in [-0.39, 0.29) is 11.6 Å². The molecule has 2 rings (SSSR count). The zero-order valence-corrected chi connectivity index (χ0v) is 11.7. The molecule has 0 fully saturated rings. The summed E-state index contributed by atoms with van der Waals surface area (Å²) in [7, 11) is -3.16. The summed E-state index contributed by atoms with van der Waals surface area (Å²) >= 11 is 5.85. The van der Waals surface area contributed by atoms with Crippen LogP contribution in [0.4, 0.5) is 5.69 Å². The number of nitrogens with one attached hydrogen (secondary N) is 1. The zero-order chi connectivity index (χ0) is 13.9. The van der Waals surface area contributed by atoms with Crippen molar-refractivity contribution >= 4 is 27.1 Å². The third-order valence-corrected chi connectivity index (χ3v) is 3.19. The number of halogens is 1. The molecule has 1 aromatic heterocycles. The molecule has 0 bridgehead atoms. The number of rotatable bonds is 5. The molecule has 0 radical (unpaired) electrons.